The number of pyridine rings is 1. The summed E-state index contributed by atoms with van der Waals surface area (Å²) < 4.78 is 0. The number of likely N-dealkylation sites (tertiary alicyclic amines) is 1. The van der Waals surface area contributed by atoms with E-state index in [4.69, 9.17) is 0 Å². The van der Waals surface area contributed by atoms with Gasteiger partial charge in [-0.15, -0.1) is 0 Å². The van der Waals surface area contributed by atoms with Crippen LogP contribution in [0.1, 0.15) is 24.8 Å². The zero-order valence-corrected chi connectivity index (χ0v) is 14.4. The molecule has 0 saturated carbocycles. The lowest BCUT2D eigenvalue weighted by atomic mass is 9.84. The number of aryl methyl sites for hydroxylation is 1. The molecule has 5 heteroatoms. The van der Waals surface area contributed by atoms with Crippen molar-refractivity contribution in [3.8, 4) is 0 Å². The first-order valence-electron chi connectivity index (χ1n) is 9.05. The van der Waals surface area contributed by atoms with Gasteiger partial charge in [-0.25, -0.2) is 0 Å². The van der Waals surface area contributed by atoms with Crippen LogP contribution in [0, 0.1) is 0 Å². The molecule has 25 heavy (non-hydrogen) atoms. The van der Waals surface area contributed by atoms with E-state index in [1.807, 2.05) is 42.7 Å². The summed E-state index contributed by atoms with van der Waals surface area (Å²) in [5.74, 6) is 0.112. The summed E-state index contributed by atoms with van der Waals surface area (Å²) in [5, 5.41) is 6.59. The van der Waals surface area contributed by atoms with E-state index in [0.717, 1.165) is 56.7 Å². The molecule has 130 valence electrons. The largest absolute Gasteiger partial charge is 0.369 e. The van der Waals surface area contributed by atoms with Crippen molar-refractivity contribution in [3.05, 3.63) is 54.4 Å². The van der Waals surface area contributed by atoms with E-state index in [-0.39, 0.29) is 5.91 Å². The predicted octanol–water partition coefficient (Wildman–Crippen LogP) is 2.91. The highest BCUT2D eigenvalue weighted by atomic mass is 16.2. The third kappa shape index (κ3) is 3.37. The smallest absolute Gasteiger partial charge is 0.250 e. The fraction of sp³-hybridized carbons (Fsp3) is 0.400. The second-order valence-electron chi connectivity index (χ2n) is 7.01. The van der Waals surface area contributed by atoms with E-state index < -0.39 is 5.54 Å². The maximum absolute atomic E-state index is 12.6. The number of para-hydroxylation sites is 2. The van der Waals surface area contributed by atoms with Crippen LogP contribution in [-0.4, -0.2) is 41.0 Å². The number of nitrogens with zero attached hydrogens (tertiary/aromatic N) is 2. The first-order chi connectivity index (χ1) is 12.3. The number of hydrogen-bond donors (Lipinski definition) is 2. The number of nitrogens with one attached hydrogen (secondary N) is 2. The van der Waals surface area contributed by atoms with E-state index in [1.165, 1.54) is 5.56 Å². The van der Waals surface area contributed by atoms with Crippen LogP contribution >= 0.6 is 0 Å². The minimum atomic E-state index is -0.450. The number of piperidine rings is 1. The highest BCUT2D eigenvalue weighted by molar-refractivity contribution is 6.06. The molecule has 5 nitrogen and oxygen atoms in total. The Morgan fingerprint density at radius 2 is 1.88 bits per heavy atom. The second-order valence-corrected chi connectivity index (χ2v) is 7.01. The lowest BCUT2D eigenvalue weighted by molar-refractivity contribution is -0.122. The molecule has 1 fully saturated rings. The van der Waals surface area contributed by atoms with Gasteiger partial charge < -0.3 is 15.5 Å². The number of fused-ring (bicyclic) bond motifs is 1. The molecule has 0 radical (unpaired) electrons. The molecule has 1 amide bonds. The average Bonchev–Trinajstić information content (AvgIpc) is 2.65. The molecular formula is C20H24N4O. The Morgan fingerprint density at radius 1 is 1.08 bits per heavy atom. The molecule has 2 N–H and O–H groups in total. The molecule has 0 bridgehead atoms. The molecule has 3 heterocycles. The Labute approximate surface area is 148 Å². The van der Waals surface area contributed by atoms with Crippen molar-refractivity contribution < 1.29 is 4.79 Å². The van der Waals surface area contributed by atoms with Gasteiger partial charge >= 0.3 is 0 Å². The van der Waals surface area contributed by atoms with Gasteiger partial charge in [0.25, 0.3) is 0 Å². The summed E-state index contributed by atoms with van der Waals surface area (Å²) >= 11 is 0. The Morgan fingerprint density at radius 3 is 2.64 bits per heavy atom. The average molecular weight is 336 g/mol. The lowest BCUT2D eigenvalue weighted by Gasteiger charge is -2.44. The Kier molecular flexibility index (Phi) is 4.40. The molecule has 2 aromatic rings. The molecule has 2 aliphatic heterocycles. The summed E-state index contributed by atoms with van der Waals surface area (Å²) in [6.07, 6.45) is 7.63. The summed E-state index contributed by atoms with van der Waals surface area (Å²) in [6, 6.07) is 12.1. The molecule has 1 aromatic carbocycles. The molecule has 4 rings (SSSR count). The van der Waals surface area contributed by atoms with Crippen LogP contribution in [0.15, 0.2) is 48.8 Å². The maximum atomic E-state index is 12.6. The standard InChI is InChI=1S/C20H24N4O/c25-19-20(23-18-8-2-1-7-17(18)22-19)9-13-24(14-10-20)12-4-6-16-5-3-11-21-15-16/h1-3,5,7-8,11,15,23H,4,6,9-10,12-14H2,(H,22,25). The second kappa shape index (κ2) is 6.84. The summed E-state index contributed by atoms with van der Waals surface area (Å²) in [5.41, 5.74) is 2.76. The summed E-state index contributed by atoms with van der Waals surface area (Å²) in [4.78, 5) is 19.3. The van der Waals surface area contributed by atoms with Crippen LogP contribution in [0.3, 0.4) is 0 Å². The first-order valence-corrected chi connectivity index (χ1v) is 9.05. The number of benzene rings is 1. The van der Waals surface area contributed by atoms with Gasteiger partial charge in [-0.1, -0.05) is 18.2 Å². The van der Waals surface area contributed by atoms with Gasteiger partial charge in [-0.2, -0.15) is 0 Å². The van der Waals surface area contributed by atoms with E-state index >= 15 is 0 Å². The highest BCUT2D eigenvalue weighted by Gasteiger charge is 2.44. The minimum absolute atomic E-state index is 0.112. The Bertz CT molecular complexity index is 738. The third-order valence-corrected chi connectivity index (χ3v) is 5.36. The number of carbonyl (C=O) groups excluding carboxylic acids is 1. The van der Waals surface area contributed by atoms with Crippen molar-refractivity contribution >= 4 is 17.3 Å². The Balaban J connectivity index is 1.31. The van der Waals surface area contributed by atoms with Crippen molar-refractivity contribution in [2.45, 2.75) is 31.2 Å². The van der Waals surface area contributed by atoms with Gasteiger partial charge in [-0.05, 0) is 56.0 Å². The Hall–Kier alpha value is -2.40. The number of anilines is 2. The summed E-state index contributed by atoms with van der Waals surface area (Å²) in [7, 11) is 0. The quantitative estimate of drug-likeness (QED) is 0.901. The van der Waals surface area contributed by atoms with Crippen molar-refractivity contribution in [2.75, 3.05) is 30.3 Å². The molecule has 2 aliphatic rings. The van der Waals surface area contributed by atoms with Gasteiger partial charge in [-0.3, -0.25) is 9.78 Å². The van der Waals surface area contributed by atoms with Crippen molar-refractivity contribution in [1.29, 1.82) is 0 Å². The van der Waals surface area contributed by atoms with Crippen LogP contribution in [0.2, 0.25) is 0 Å². The number of hydrogen-bond acceptors (Lipinski definition) is 4. The van der Waals surface area contributed by atoms with Crippen molar-refractivity contribution in [3.63, 3.8) is 0 Å². The SMILES string of the molecule is O=C1Nc2ccccc2NC12CCN(CCCc1cccnc1)CC2. The third-order valence-electron chi connectivity index (χ3n) is 5.36. The van der Waals surface area contributed by atoms with E-state index in [2.05, 4.69) is 26.6 Å². The van der Waals surface area contributed by atoms with Gasteiger partial charge in [0.05, 0.1) is 11.4 Å². The normalized spacial score (nSPS) is 19.1. The lowest BCUT2D eigenvalue weighted by Crippen LogP contribution is -2.58. The van der Waals surface area contributed by atoms with Crippen molar-refractivity contribution in [2.24, 2.45) is 0 Å². The molecule has 1 saturated heterocycles. The molecule has 1 spiro atoms. The van der Waals surface area contributed by atoms with Gasteiger partial charge in [0.15, 0.2) is 0 Å². The van der Waals surface area contributed by atoms with Gasteiger partial charge in [0.1, 0.15) is 5.54 Å². The summed E-state index contributed by atoms with van der Waals surface area (Å²) in [6.45, 7) is 2.98. The molecule has 0 unspecified atom stereocenters. The molecule has 1 aromatic heterocycles. The number of amides is 1. The van der Waals surface area contributed by atoms with E-state index in [9.17, 15) is 4.79 Å². The topological polar surface area (TPSA) is 57.3 Å². The van der Waals surface area contributed by atoms with Gasteiger partial charge in [0.2, 0.25) is 5.91 Å². The first kappa shape index (κ1) is 16.1. The predicted molar refractivity (Wildman–Crippen MR) is 99.7 cm³/mol. The maximum Gasteiger partial charge on any atom is 0.250 e. The number of rotatable bonds is 4. The molecule has 0 aliphatic carbocycles. The van der Waals surface area contributed by atoms with Crippen molar-refractivity contribution in [1.82, 2.24) is 9.88 Å². The minimum Gasteiger partial charge on any atom is -0.369 e. The zero-order chi connectivity index (χ0) is 17.1. The van der Waals surface area contributed by atoms with Crippen LogP contribution in [-0.2, 0) is 11.2 Å². The van der Waals surface area contributed by atoms with E-state index in [1.54, 1.807) is 0 Å². The van der Waals surface area contributed by atoms with Crippen LogP contribution in [0.4, 0.5) is 11.4 Å². The van der Waals surface area contributed by atoms with Crippen LogP contribution in [0.25, 0.3) is 0 Å². The molecule has 0 atom stereocenters. The fourth-order valence-electron chi connectivity index (χ4n) is 3.82. The van der Waals surface area contributed by atoms with Crippen LogP contribution < -0.4 is 10.6 Å². The zero-order valence-electron chi connectivity index (χ0n) is 14.4. The fourth-order valence-corrected chi connectivity index (χ4v) is 3.82. The molecular weight excluding hydrogens is 312 g/mol. The van der Waals surface area contributed by atoms with Gasteiger partial charge in [0, 0.05) is 25.5 Å². The van der Waals surface area contributed by atoms with E-state index in [0.29, 0.717) is 0 Å². The number of aromatic nitrogens is 1. The van der Waals surface area contributed by atoms with Crippen LogP contribution in [0.5, 0.6) is 0 Å². The number of carbonyl (C=O) groups is 1. The monoisotopic (exact) mass is 336 g/mol. The highest BCUT2D eigenvalue weighted by Crippen LogP contribution is 2.36.